The molecule has 35 heavy (non-hydrogen) atoms. The zero-order valence-electron chi connectivity index (χ0n) is 20.6. The fourth-order valence-corrected chi connectivity index (χ4v) is 5.43. The van der Waals surface area contributed by atoms with Gasteiger partial charge in [0.15, 0.2) is 0 Å². The second kappa shape index (κ2) is 10.0. The number of aromatic amines is 1. The lowest BCUT2D eigenvalue weighted by Crippen LogP contribution is -2.51. The normalized spacial score (nSPS) is 18.1. The maximum Gasteiger partial charge on any atom is 0.270 e. The number of fused-ring (bicyclic) bond motifs is 1. The van der Waals surface area contributed by atoms with E-state index in [2.05, 4.69) is 41.1 Å². The molecule has 3 heterocycles. The Bertz CT molecular complexity index is 1180. The van der Waals surface area contributed by atoms with Crippen LogP contribution in [0.5, 0.6) is 5.75 Å². The standard InChI is InChI=1S/C28H34N4O3/c1-20(27(33)32-16-14-30(15-17-32)23-6-4-3-5-7-23)21-10-12-31(13-11-21)28(34)26-18-22-8-9-24(35-2)19-25(22)29-26/h3-9,18-21,29H,10-17H2,1-2H3. The summed E-state index contributed by atoms with van der Waals surface area (Å²) in [6, 6.07) is 18.1. The number of nitrogens with one attached hydrogen (secondary N) is 1. The third-order valence-corrected chi connectivity index (χ3v) is 7.70. The highest BCUT2D eigenvalue weighted by Gasteiger charge is 2.33. The Labute approximate surface area is 206 Å². The molecule has 1 N–H and O–H groups in total. The molecule has 1 aromatic heterocycles. The van der Waals surface area contributed by atoms with Gasteiger partial charge in [0.2, 0.25) is 5.91 Å². The number of piperidine rings is 1. The van der Waals surface area contributed by atoms with Gasteiger partial charge in [0.05, 0.1) is 7.11 Å². The van der Waals surface area contributed by atoms with E-state index in [4.69, 9.17) is 4.74 Å². The predicted molar refractivity (Wildman–Crippen MR) is 138 cm³/mol. The van der Waals surface area contributed by atoms with Crippen LogP contribution in [-0.4, -0.2) is 73.0 Å². The molecule has 1 unspecified atom stereocenters. The minimum atomic E-state index is -0.0175. The number of methoxy groups -OCH3 is 1. The van der Waals surface area contributed by atoms with Crippen molar-refractivity contribution in [2.45, 2.75) is 19.8 Å². The van der Waals surface area contributed by atoms with Gasteiger partial charge in [0, 0.05) is 67.8 Å². The number of benzene rings is 2. The van der Waals surface area contributed by atoms with Gasteiger partial charge in [0.25, 0.3) is 5.91 Å². The van der Waals surface area contributed by atoms with E-state index in [1.807, 2.05) is 40.1 Å². The minimum absolute atomic E-state index is 0.0175. The van der Waals surface area contributed by atoms with Crippen molar-refractivity contribution in [3.8, 4) is 5.75 Å². The zero-order chi connectivity index (χ0) is 24.4. The SMILES string of the molecule is COc1ccc2cc(C(=O)N3CCC(C(C)C(=O)N4CCN(c5ccccc5)CC4)CC3)[nH]c2c1. The van der Waals surface area contributed by atoms with Gasteiger partial charge in [-0.05, 0) is 49.1 Å². The number of para-hydroxylation sites is 1. The molecule has 0 spiro atoms. The molecular weight excluding hydrogens is 440 g/mol. The van der Waals surface area contributed by atoms with Crippen LogP contribution in [0.4, 0.5) is 5.69 Å². The van der Waals surface area contributed by atoms with E-state index in [9.17, 15) is 9.59 Å². The highest BCUT2D eigenvalue weighted by molar-refractivity contribution is 5.98. The van der Waals surface area contributed by atoms with Gasteiger partial charge in [-0.1, -0.05) is 25.1 Å². The molecule has 2 aliphatic heterocycles. The molecule has 7 heteroatoms. The summed E-state index contributed by atoms with van der Waals surface area (Å²) < 4.78 is 5.28. The van der Waals surface area contributed by atoms with Gasteiger partial charge in [0.1, 0.15) is 11.4 Å². The number of aromatic nitrogens is 1. The Balaban J connectivity index is 1.13. The number of piperazine rings is 1. The number of likely N-dealkylation sites (tertiary alicyclic amines) is 1. The summed E-state index contributed by atoms with van der Waals surface area (Å²) >= 11 is 0. The summed E-state index contributed by atoms with van der Waals surface area (Å²) in [6.45, 7) is 6.70. The second-order valence-electron chi connectivity index (χ2n) is 9.70. The molecule has 3 aromatic rings. The van der Waals surface area contributed by atoms with Crippen LogP contribution in [0.3, 0.4) is 0 Å². The van der Waals surface area contributed by atoms with E-state index in [1.165, 1.54) is 5.69 Å². The van der Waals surface area contributed by atoms with E-state index in [1.54, 1.807) is 7.11 Å². The minimum Gasteiger partial charge on any atom is -0.497 e. The number of ether oxygens (including phenoxy) is 1. The molecule has 0 aliphatic carbocycles. The van der Waals surface area contributed by atoms with Crippen LogP contribution in [0.15, 0.2) is 54.6 Å². The number of hydrogen-bond donors (Lipinski definition) is 1. The van der Waals surface area contributed by atoms with Crippen LogP contribution in [0, 0.1) is 11.8 Å². The zero-order valence-corrected chi connectivity index (χ0v) is 20.6. The van der Waals surface area contributed by atoms with Gasteiger partial charge < -0.3 is 24.4 Å². The number of nitrogens with zero attached hydrogens (tertiary/aromatic N) is 3. The molecule has 2 amide bonds. The van der Waals surface area contributed by atoms with Crippen molar-refractivity contribution in [3.05, 3.63) is 60.3 Å². The summed E-state index contributed by atoms with van der Waals surface area (Å²) in [5.41, 5.74) is 2.72. The average molecular weight is 475 g/mol. The molecule has 0 saturated carbocycles. The Hall–Kier alpha value is -3.48. The largest absolute Gasteiger partial charge is 0.497 e. The summed E-state index contributed by atoms with van der Waals surface area (Å²) in [6.07, 6.45) is 1.72. The van der Waals surface area contributed by atoms with E-state index >= 15 is 0 Å². The Morgan fingerprint density at radius 3 is 2.31 bits per heavy atom. The lowest BCUT2D eigenvalue weighted by molar-refractivity contribution is -0.137. The molecule has 2 saturated heterocycles. The molecule has 2 aromatic carbocycles. The molecule has 2 aliphatic rings. The van der Waals surface area contributed by atoms with Crippen LogP contribution in [-0.2, 0) is 4.79 Å². The molecular formula is C28H34N4O3. The third kappa shape index (κ3) is 4.85. The van der Waals surface area contributed by atoms with Gasteiger partial charge in [-0.25, -0.2) is 0 Å². The number of carbonyl (C=O) groups excluding carboxylic acids is 2. The smallest absolute Gasteiger partial charge is 0.270 e. The number of carbonyl (C=O) groups is 2. The summed E-state index contributed by atoms with van der Waals surface area (Å²) in [5.74, 6) is 1.34. The average Bonchev–Trinajstić information content (AvgIpc) is 3.36. The molecule has 1 atom stereocenters. The Morgan fingerprint density at radius 2 is 1.63 bits per heavy atom. The maximum absolute atomic E-state index is 13.2. The first-order chi connectivity index (χ1) is 17.0. The van der Waals surface area contributed by atoms with Crippen LogP contribution in [0.2, 0.25) is 0 Å². The van der Waals surface area contributed by atoms with E-state index in [0.29, 0.717) is 24.7 Å². The first-order valence-electron chi connectivity index (χ1n) is 12.6. The number of hydrogen-bond acceptors (Lipinski definition) is 4. The van der Waals surface area contributed by atoms with Crippen molar-refractivity contribution in [1.29, 1.82) is 0 Å². The lowest BCUT2D eigenvalue weighted by Gasteiger charge is -2.39. The van der Waals surface area contributed by atoms with Gasteiger partial charge in [-0.15, -0.1) is 0 Å². The monoisotopic (exact) mass is 474 g/mol. The molecule has 7 nitrogen and oxygen atoms in total. The quantitative estimate of drug-likeness (QED) is 0.607. The highest BCUT2D eigenvalue weighted by atomic mass is 16.5. The van der Waals surface area contributed by atoms with Gasteiger partial charge in [-0.3, -0.25) is 9.59 Å². The Kier molecular flexibility index (Phi) is 6.66. The first kappa shape index (κ1) is 23.3. The van der Waals surface area contributed by atoms with E-state index in [-0.39, 0.29) is 17.7 Å². The highest BCUT2D eigenvalue weighted by Crippen LogP contribution is 2.29. The van der Waals surface area contributed by atoms with E-state index < -0.39 is 0 Å². The van der Waals surface area contributed by atoms with Crippen molar-refractivity contribution < 1.29 is 14.3 Å². The van der Waals surface area contributed by atoms with Crippen molar-refractivity contribution >= 4 is 28.4 Å². The number of rotatable bonds is 5. The summed E-state index contributed by atoms with van der Waals surface area (Å²) in [4.78, 5) is 35.9. The summed E-state index contributed by atoms with van der Waals surface area (Å²) in [5, 5.41) is 0.996. The first-order valence-corrected chi connectivity index (χ1v) is 12.6. The third-order valence-electron chi connectivity index (χ3n) is 7.70. The Morgan fingerprint density at radius 1 is 0.914 bits per heavy atom. The van der Waals surface area contributed by atoms with Crippen molar-refractivity contribution in [2.24, 2.45) is 11.8 Å². The predicted octanol–water partition coefficient (Wildman–Crippen LogP) is 4.01. The number of anilines is 1. The molecule has 0 radical (unpaired) electrons. The summed E-state index contributed by atoms with van der Waals surface area (Å²) in [7, 11) is 1.64. The number of amides is 2. The molecule has 2 fully saturated rings. The van der Waals surface area contributed by atoms with Crippen LogP contribution in [0.25, 0.3) is 10.9 Å². The van der Waals surface area contributed by atoms with Crippen molar-refractivity contribution in [3.63, 3.8) is 0 Å². The van der Waals surface area contributed by atoms with Gasteiger partial charge >= 0.3 is 0 Å². The van der Waals surface area contributed by atoms with E-state index in [0.717, 1.165) is 55.7 Å². The fraction of sp³-hybridized carbons (Fsp3) is 0.429. The van der Waals surface area contributed by atoms with Crippen LogP contribution < -0.4 is 9.64 Å². The van der Waals surface area contributed by atoms with Crippen molar-refractivity contribution in [1.82, 2.24) is 14.8 Å². The lowest BCUT2D eigenvalue weighted by atomic mass is 9.84. The number of H-pyrrole nitrogens is 1. The second-order valence-corrected chi connectivity index (χ2v) is 9.70. The topological polar surface area (TPSA) is 68.9 Å². The maximum atomic E-state index is 13.2. The molecule has 5 rings (SSSR count). The molecule has 184 valence electrons. The van der Waals surface area contributed by atoms with Crippen molar-refractivity contribution in [2.75, 3.05) is 51.3 Å². The molecule has 0 bridgehead atoms. The van der Waals surface area contributed by atoms with Gasteiger partial charge in [-0.2, -0.15) is 0 Å². The van der Waals surface area contributed by atoms with Crippen LogP contribution >= 0.6 is 0 Å². The van der Waals surface area contributed by atoms with Crippen LogP contribution in [0.1, 0.15) is 30.3 Å². The fourth-order valence-electron chi connectivity index (χ4n) is 5.43.